The number of benzene rings is 3. The monoisotopic (exact) mass is 513 g/mol. The first kappa shape index (κ1) is 23.6. The molecule has 1 N–H and O–H groups in total. The van der Waals surface area contributed by atoms with Gasteiger partial charge in [-0.3, -0.25) is 9.59 Å². The lowest BCUT2D eigenvalue weighted by molar-refractivity contribution is -0.166. The van der Waals surface area contributed by atoms with Gasteiger partial charge in [0.15, 0.2) is 5.54 Å². The summed E-state index contributed by atoms with van der Waals surface area (Å²) in [7, 11) is 1.66. The van der Waals surface area contributed by atoms with Gasteiger partial charge in [0.1, 0.15) is 5.75 Å². The predicted molar refractivity (Wildman–Crippen MR) is 144 cm³/mol. The van der Waals surface area contributed by atoms with E-state index in [1.165, 1.54) is 0 Å². The minimum atomic E-state index is -1.12. The van der Waals surface area contributed by atoms with E-state index >= 15 is 0 Å². The molecule has 7 heteroatoms. The maximum absolute atomic E-state index is 14.2. The number of hydrogen-bond acceptors (Lipinski definition) is 3. The van der Waals surface area contributed by atoms with Crippen LogP contribution in [0.25, 0.3) is 10.9 Å². The molecular formula is C30H28ClN3O3. The summed E-state index contributed by atoms with van der Waals surface area (Å²) in [6.45, 7) is 2.81. The molecule has 2 atom stereocenters. The zero-order chi connectivity index (χ0) is 25.7. The molecule has 0 saturated carbocycles. The highest BCUT2D eigenvalue weighted by atomic mass is 35.5. The molecular weight excluding hydrogens is 486 g/mol. The van der Waals surface area contributed by atoms with Crippen molar-refractivity contribution in [2.45, 2.75) is 24.8 Å². The van der Waals surface area contributed by atoms with Gasteiger partial charge in [-0.25, -0.2) is 0 Å². The van der Waals surface area contributed by atoms with Gasteiger partial charge in [-0.05, 0) is 48.7 Å². The molecule has 1 fully saturated rings. The zero-order valence-electron chi connectivity index (χ0n) is 20.8. The molecule has 188 valence electrons. The first-order valence-corrected chi connectivity index (χ1v) is 12.9. The Morgan fingerprint density at radius 1 is 1.03 bits per heavy atom. The number of nitrogens with zero attached hydrogens (tertiary/aromatic N) is 2. The first-order valence-electron chi connectivity index (χ1n) is 12.5. The first-order chi connectivity index (χ1) is 17.9. The molecule has 1 saturated heterocycles. The lowest BCUT2D eigenvalue weighted by Crippen LogP contribution is -2.67. The summed E-state index contributed by atoms with van der Waals surface area (Å²) in [6.07, 6.45) is 0.648. The van der Waals surface area contributed by atoms with E-state index in [1.807, 2.05) is 73.7 Å². The molecule has 0 bridgehead atoms. The third kappa shape index (κ3) is 3.70. The Labute approximate surface area is 220 Å². The summed E-state index contributed by atoms with van der Waals surface area (Å²) in [5.74, 6) is 0.523. The van der Waals surface area contributed by atoms with Crippen LogP contribution in [0, 0.1) is 0 Å². The number of ether oxygens (including phenoxy) is 1. The fraction of sp³-hybridized carbons (Fsp3) is 0.267. The second-order valence-corrected chi connectivity index (χ2v) is 10.4. The van der Waals surface area contributed by atoms with E-state index in [4.69, 9.17) is 16.3 Å². The van der Waals surface area contributed by atoms with Gasteiger partial charge in [-0.2, -0.15) is 0 Å². The Kier molecular flexibility index (Phi) is 5.72. The smallest absolute Gasteiger partial charge is 0.254 e. The lowest BCUT2D eigenvalue weighted by atomic mass is 9.76. The van der Waals surface area contributed by atoms with Gasteiger partial charge in [0.2, 0.25) is 5.91 Å². The summed E-state index contributed by atoms with van der Waals surface area (Å²) in [4.78, 5) is 34.9. The number of halogens is 1. The largest absolute Gasteiger partial charge is 0.496 e. The maximum atomic E-state index is 14.2. The van der Waals surface area contributed by atoms with Crippen molar-refractivity contribution in [3.8, 4) is 5.75 Å². The second kappa shape index (κ2) is 8.96. The van der Waals surface area contributed by atoms with Crippen molar-refractivity contribution < 1.29 is 14.3 Å². The molecule has 0 spiro atoms. The van der Waals surface area contributed by atoms with Gasteiger partial charge >= 0.3 is 0 Å². The van der Waals surface area contributed by atoms with Crippen LogP contribution in [0.15, 0.2) is 72.8 Å². The average Bonchev–Trinajstić information content (AvgIpc) is 3.32. The van der Waals surface area contributed by atoms with Gasteiger partial charge in [-0.15, -0.1) is 0 Å². The Balaban J connectivity index is 1.45. The van der Waals surface area contributed by atoms with Crippen LogP contribution < -0.4 is 4.74 Å². The highest BCUT2D eigenvalue weighted by molar-refractivity contribution is 6.30. The molecule has 6 rings (SSSR count). The van der Waals surface area contributed by atoms with Crippen LogP contribution >= 0.6 is 11.6 Å². The number of para-hydroxylation sites is 2. The number of aromatic nitrogens is 1. The van der Waals surface area contributed by atoms with E-state index in [1.54, 1.807) is 16.9 Å². The van der Waals surface area contributed by atoms with Crippen LogP contribution in [0.3, 0.4) is 0 Å². The van der Waals surface area contributed by atoms with Gasteiger partial charge in [-0.1, -0.05) is 60.1 Å². The molecule has 2 amide bonds. The molecule has 3 aromatic carbocycles. The quantitative estimate of drug-likeness (QED) is 0.403. The van der Waals surface area contributed by atoms with E-state index in [2.05, 4.69) is 11.1 Å². The standard InChI is InChI=1S/C30H28ClN3O3/c1-30-28-27(22-8-3-5-9-24(22)32-28)23(21-7-4-6-10-25(21)37-2)17-34(30)26(35)18-33(29(30)36)16-15-19-11-13-20(31)14-12-19/h3-14,23,32H,15-18H2,1-2H3/t23-,30+/m1/s1. The normalized spacial score (nSPS) is 21.2. The molecule has 2 aliphatic heterocycles. The van der Waals surface area contributed by atoms with Crippen molar-refractivity contribution in [3.63, 3.8) is 0 Å². The fourth-order valence-electron chi connectivity index (χ4n) is 6.01. The van der Waals surface area contributed by atoms with Crippen LogP contribution in [0.2, 0.25) is 5.02 Å². The van der Waals surface area contributed by atoms with E-state index in [0.717, 1.165) is 39.0 Å². The SMILES string of the molecule is COc1ccccc1[C@H]1CN2C(=O)CN(CCc3ccc(Cl)cc3)C(=O)[C@]2(C)c2[nH]c3ccccc3c21. The Bertz CT molecular complexity index is 1510. The highest BCUT2D eigenvalue weighted by Crippen LogP contribution is 2.49. The van der Waals surface area contributed by atoms with Crippen LogP contribution in [-0.4, -0.2) is 53.3 Å². The van der Waals surface area contributed by atoms with Gasteiger partial charge < -0.3 is 19.5 Å². The Hall–Kier alpha value is -3.77. The summed E-state index contributed by atoms with van der Waals surface area (Å²) in [5, 5.41) is 1.74. The molecule has 0 radical (unpaired) electrons. The van der Waals surface area contributed by atoms with E-state index in [0.29, 0.717) is 24.5 Å². The second-order valence-electron chi connectivity index (χ2n) is 9.93. The number of rotatable bonds is 5. The summed E-state index contributed by atoms with van der Waals surface area (Å²) in [5.41, 5.74) is 3.74. The highest BCUT2D eigenvalue weighted by Gasteiger charge is 2.56. The third-order valence-corrected chi connectivity index (χ3v) is 8.17. The number of carbonyl (C=O) groups is 2. The third-order valence-electron chi connectivity index (χ3n) is 7.92. The molecule has 0 aliphatic carbocycles. The maximum Gasteiger partial charge on any atom is 0.254 e. The number of nitrogens with one attached hydrogen (secondary N) is 1. The molecule has 4 aromatic rings. The van der Waals surface area contributed by atoms with Crippen molar-refractivity contribution in [3.05, 3.63) is 100 Å². The van der Waals surface area contributed by atoms with Crippen molar-refractivity contribution in [1.82, 2.24) is 14.8 Å². The lowest BCUT2D eigenvalue weighted by Gasteiger charge is -2.51. The van der Waals surface area contributed by atoms with E-state index in [9.17, 15) is 9.59 Å². The molecule has 1 aromatic heterocycles. The number of amides is 2. The van der Waals surface area contributed by atoms with Crippen LogP contribution in [0.1, 0.15) is 35.2 Å². The topological polar surface area (TPSA) is 65.6 Å². The summed E-state index contributed by atoms with van der Waals surface area (Å²) in [6, 6.07) is 23.6. The molecule has 3 heterocycles. The number of H-pyrrole nitrogens is 1. The minimum Gasteiger partial charge on any atom is -0.496 e. The van der Waals surface area contributed by atoms with E-state index in [-0.39, 0.29) is 24.3 Å². The number of fused-ring (bicyclic) bond motifs is 5. The number of hydrogen-bond donors (Lipinski definition) is 1. The number of aromatic amines is 1. The van der Waals surface area contributed by atoms with Crippen molar-refractivity contribution in [1.29, 1.82) is 0 Å². The van der Waals surface area contributed by atoms with Crippen LogP contribution in [-0.2, 0) is 21.5 Å². The molecule has 2 aliphatic rings. The van der Waals surface area contributed by atoms with Gasteiger partial charge in [0, 0.05) is 40.5 Å². The van der Waals surface area contributed by atoms with Gasteiger partial charge in [0.25, 0.3) is 5.91 Å². The zero-order valence-corrected chi connectivity index (χ0v) is 21.6. The Morgan fingerprint density at radius 3 is 2.54 bits per heavy atom. The van der Waals surface area contributed by atoms with Crippen LogP contribution in [0.4, 0.5) is 0 Å². The summed E-state index contributed by atoms with van der Waals surface area (Å²) < 4.78 is 5.71. The summed E-state index contributed by atoms with van der Waals surface area (Å²) >= 11 is 6.03. The molecule has 0 unspecified atom stereocenters. The Morgan fingerprint density at radius 2 is 1.76 bits per heavy atom. The van der Waals surface area contributed by atoms with Crippen molar-refractivity contribution >= 4 is 34.3 Å². The minimum absolute atomic E-state index is 0.0533. The molecule has 6 nitrogen and oxygen atoms in total. The fourth-order valence-corrected chi connectivity index (χ4v) is 6.13. The molecule has 37 heavy (non-hydrogen) atoms. The van der Waals surface area contributed by atoms with E-state index < -0.39 is 5.54 Å². The number of piperazine rings is 1. The number of carbonyl (C=O) groups excluding carboxylic acids is 2. The van der Waals surface area contributed by atoms with Gasteiger partial charge in [0.05, 0.1) is 19.3 Å². The average molecular weight is 514 g/mol. The van der Waals surface area contributed by atoms with Crippen molar-refractivity contribution in [2.24, 2.45) is 0 Å². The predicted octanol–water partition coefficient (Wildman–Crippen LogP) is 5.10. The van der Waals surface area contributed by atoms with Crippen molar-refractivity contribution in [2.75, 3.05) is 26.7 Å². The van der Waals surface area contributed by atoms with Crippen LogP contribution in [0.5, 0.6) is 5.75 Å². The number of methoxy groups -OCH3 is 1.